The van der Waals surface area contributed by atoms with E-state index in [2.05, 4.69) is 10.2 Å². The summed E-state index contributed by atoms with van der Waals surface area (Å²) in [5, 5.41) is 4.61. The van der Waals surface area contributed by atoms with Gasteiger partial charge in [0.15, 0.2) is 6.04 Å². The summed E-state index contributed by atoms with van der Waals surface area (Å²) in [5.41, 5.74) is -0.0118. The minimum atomic E-state index is -4.59. The molecule has 146 valence electrons. The van der Waals surface area contributed by atoms with Crippen molar-refractivity contribution in [1.29, 1.82) is 0 Å². The van der Waals surface area contributed by atoms with Gasteiger partial charge in [0.1, 0.15) is 5.76 Å². The average Bonchev–Trinajstić information content (AvgIpc) is 3.34. The smallest absolute Gasteiger partial charge is 0.412 e. The molecule has 5 nitrogen and oxygen atoms in total. The van der Waals surface area contributed by atoms with Crippen molar-refractivity contribution in [3.05, 3.63) is 60.1 Å². The Morgan fingerprint density at radius 1 is 1.11 bits per heavy atom. The lowest BCUT2D eigenvalue weighted by molar-refractivity contribution is -0.154. The molecule has 2 atom stereocenters. The lowest BCUT2D eigenvalue weighted by Crippen LogP contribution is -2.46. The SMILES string of the molecule is O=C(NC[C@H](c1ccco1)N1CCCC1)N[C@H](c1ccccc1)C(F)(F)F. The Hall–Kier alpha value is -2.48. The molecule has 1 saturated heterocycles. The van der Waals surface area contributed by atoms with Gasteiger partial charge >= 0.3 is 12.2 Å². The van der Waals surface area contributed by atoms with E-state index >= 15 is 0 Å². The number of hydrogen-bond donors (Lipinski definition) is 2. The number of urea groups is 1. The zero-order chi connectivity index (χ0) is 19.3. The molecule has 0 aliphatic carbocycles. The minimum absolute atomic E-state index is 0.0118. The van der Waals surface area contributed by atoms with Crippen molar-refractivity contribution in [3.8, 4) is 0 Å². The van der Waals surface area contributed by atoms with Crippen molar-refractivity contribution in [2.45, 2.75) is 31.1 Å². The molecule has 2 aromatic rings. The topological polar surface area (TPSA) is 57.5 Å². The molecule has 1 aliphatic rings. The Kier molecular flexibility index (Phi) is 6.05. The highest BCUT2D eigenvalue weighted by Gasteiger charge is 2.42. The highest BCUT2D eigenvalue weighted by atomic mass is 19.4. The second-order valence-electron chi connectivity index (χ2n) is 6.51. The maximum Gasteiger partial charge on any atom is 0.412 e. The summed E-state index contributed by atoms with van der Waals surface area (Å²) in [6.45, 7) is 1.90. The second-order valence-corrected chi connectivity index (χ2v) is 6.51. The zero-order valence-corrected chi connectivity index (χ0v) is 14.7. The Labute approximate surface area is 155 Å². The number of hydrogen-bond acceptors (Lipinski definition) is 3. The molecular weight excluding hydrogens is 359 g/mol. The number of benzene rings is 1. The number of furan rings is 1. The Morgan fingerprint density at radius 2 is 1.81 bits per heavy atom. The van der Waals surface area contributed by atoms with Crippen LogP contribution in [-0.2, 0) is 0 Å². The van der Waals surface area contributed by atoms with E-state index in [9.17, 15) is 18.0 Å². The number of rotatable bonds is 6. The van der Waals surface area contributed by atoms with E-state index in [0.29, 0.717) is 5.76 Å². The fraction of sp³-hybridized carbons (Fsp3) is 0.421. The van der Waals surface area contributed by atoms with E-state index in [0.717, 1.165) is 25.9 Å². The molecule has 1 aliphatic heterocycles. The standard InChI is InChI=1S/C19H22F3N3O2/c20-19(21,22)17(14-7-2-1-3-8-14)24-18(26)23-13-15(16-9-6-12-27-16)25-10-4-5-11-25/h1-3,6-9,12,15,17H,4-5,10-11,13H2,(H2,23,24,26)/t15-,17-/m1/s1. The normalized spacial score (nSPS) is 17.4. The predicted octanol–water partition coefficient (Wildman–Crippen LogP) is 4.02. The number of carbonyl (C=O) groups is 1. The number of halogens is 3. The largest absolute Gasteiger partial charge is 0.468 e. The van der Waals surface area contributed by atoms with Crippen LogP contribution in [0.1, 0.15) is 36.2 Å². The molecule has 0 unspecified atom stereocenters. The van der Waals surface area contributed by atoms with Crippen LogP contribution in [-0.4, -0.2) is 36.7 Å². The highest BCUT2D eigenvalue weighted by Crippen LogP contribution is 2.32. The van der Waals surface area contributed by atoms with Crippen LogP contribution in [0.2, 0.25) is 0 Å². The molecule has 1 aromatic heterocycles. The molecular formula is C19H22F3N3O2. The Bertz CT molecular complexity index is 714. The fourth-order valence-corrected chi connectivity index (χ4v) is 3.31. The third-order valence-corrected chi connectivity index (χ3v) is 4.64. The van der Waals surface area contributed by atoms with Crippen LogP contribution < -0.4 is 10.6 Å². The molecule has 2 N–H and O–H groups in total. The lowest BCUT2D eigenvalue weighted by Gasteiger charge is -2.27. The summed E-state index contributed by atoms with van der Waals surface area (Å²) in [7, 11) is 0. The average molecular weight is 381 g/mol. The summed E-state index contributed by atoms with van der Waals surface area (Å²) in [5.74, 6) is 0.688. The molecule has 0 saturated carbocycles. The Balaban J connectivity index is 1.64. The predicted molar refractivity (Wildman–Crippen MR) is 94.0 cm³/mol. The van der Waals surface area contributed by atoms with E-state index < -0.39 is 18.2 Å². The fourth-order valence-electron chi connectivity index (χ4n) is 3.31. The molecule has 2 amide bonds. The lowest BCUT2D eigenvalue weighted by atomic mass is 10.1. The van der Waals surface area contributed by atoms with Crippen LogP contribution in [0.25, 0.3) is 0 Å². The number of likely N-dealkylation sites (tertiary alicyclic amines) is 1. The van der Waals surface area contributed by atoms with Crippen LogP contribution in [0.3, 0.4) is 0 Å². The molecule has 27 heavy (non-hydrogen) atoms. The van der Waals surface area contributed by atoms with Crippen molar-refractivity contribution in [2.24, 2.45) is 0 Å². The molecule has 0 bridgehead atoms. The van der Waals surface area contributed by atoms with E-state index in [-0.39, 0.29) is 18.2 Å². The zero-order valence-electron chi connectivity index (χ0n) is 14.7. The number of nitrogens with zero attached hydrogens (tertiary/aromatic N) is 1. The molecule has 0 radical (unpaired) electrons. The van der Waals surface area contributed by atoms with Crippen LogP contribution in [0.4, 0.5) is 18.0 Å². The van der Waals surface area contributed by atoms with Gasteiger partial charge in [0.2, 0.25) is 0 Å². The Morgan fingerprint density at radius 3 is 2.41 bits per heavy atom. The minimum Gasteiger partial charge on any atom is -0.468 e. The quantitative estimate of drug-likeness (QED) is 0.795. The van der Waals surface area contributed by atoms with Crippen molar-refractivity contribution in [1.82, 2.24) is 15.5 Å². The van der Waals surface area contributed by atoms with Gasteiger partial charge in [0.05, 0.1) is 12.3 Å². The van der Waals surface area contributed by atoms with Crippen LogP contribution >= 0.6 is 0 Å². The summed E-state index contributed by atoms with van der Waals surface area (Å²) >= 11 is 0. The van der Waals surface area contributed by atoms with Gasteiger partial charge < -0.3 is 15.1 Å². The van der Waals surface area contributed by atoms with E-state index in [4.69, 9.17) is 4.42 Å². The summed E-state index contributed by atoms with van der Waals surface area (Å²) in [4.78, 5) is 14.4. The molecule has 1 fully saturated rings. The number of carbonyl (C=O) groups excluding carboxylic acids is 1. The van der Waals surface area contributed by atoms with Gasteiger partial charge in [0.25, 0.3) is 0 Å². The van der Waals surface area contributed by atoms with Crippen LogP contribution in [0.5, 0.6) is 0 Å². The van der Waals surface area contributed by atoms with Gasteiger partial charge in [-0.1, -0.05) is 30.3 Å². The first-order valence-electron chi connectivity index (χ1n) is 8.88. The third-order valence-electron chi connectivity index (χ3n) is 4.64. The summed E-state index contributed by atoms with van der Waals surface area (Å²) in [6, 6.07) is 7.77. The first-order chi connectivity index (χ1) is 12.9. The summed E-state index contributed by atoms with van der Waals surface area (Å²) in [6.07, 6.45) is -0.942. The van der Waals surface area contributed by atoms with Gasteiger partial charge in [0, 0.05) is 6.54 Å². The molecule has 3 rings (SSSR count). The highest BCUT2D eigenvalue weighted by molar-refractivity contribution is 5.74. The molecule has 0 spiro atoms. The van der Waals surface area contributed by atoms with Gasteiger partial charge in [-0.3, -0.25) is 4.90 Å². The number of nitrogens with one attached hydrogen (secondary N) is 2. The van der Waals surface area contributed by atoms with Crippen molar-refractivity contribution in [2.75, 3.05) is 19.6 Å². The van der Waals surface area contributed by atoms with Gasteiger partial charge in [-0.25, -0.2) is 4.79 Å². The van der Waals surface area contributed by atoms with Crippen molar-refractivity contribution >= 4 is 6.03 Å². The van der Waals surface area contributed by atoms with Gasteiger partial charge in [-0.2, -0.15) is 13.2 Å². The van der Waals surface area contributed by atoms with E-state index in [1.807, 2.05) is 11.4 Å². The monoisotopic (exact) mass is 381 g/mol. The van der Waals surface area contributed by atoms with Gasteiger partial charge in [-0.15, -0.1) is 0 Å². The first kappa shape index (κ1) is 19.3. The number of amides is 2. The van der Waals surface area contributed by atoms with Crippen molar-refractivity contribution in [3.63, 3.8) is 0 Å². The molecule has 2 heterocycles. The van der Waals surface area contributed by atoms with E-state index in [1.54, 1.807) is 18.4 Å². The van der Waals surface area contributed by atoms with Gasteiger partial charge in [-0.05, 0) is 43.6 Å². The summed E-state index contributed by atoms with van der Waals surface area (Å²) < 4.78 is 45.6. The third kappa shape index (κ3) is 5.03. The maximum absolute atomic E-state index is 13.4. The number of alkyl halides is 3. The van der Waals surface area contributed by atoms with Crippen LogP contribution in [0, 0.1) is 0 Å². The van der Waals surface area contributed by atoms with E-state index in [1.165, 1.54) is 24.3 Å². The molecule has 8 heteroatoms. The van der Waals surface area contributed by atoms with Crippen LogP contribution in [0.15, 0.2) is 53.1 Å². The first-order valence-corrected chi connectivity index (χ1v) is 8.88. The van der Waals surface area contributed by atoms with Crippen molar-refractivity contribution < 1.29 is 22.4 Å². The second kappa shape index (κ2) is 8.47. The molecule has 1 aromatic carbocycles. The maximum atomic E-state index is 13.4.